The molecule has 1 aromatic carbocycles. The number of ether oxygens (including phenoxy) is 1. The molecule has 1 unspecified atom stereocenters. The van der Waals surface area contributed by atoms with Crippen LogP contribution in [0, 0.1) is 11.8 Å². The van der Waals surface area contributed by atoms with Crippen LogP contribution in [0.1, 0.15) is 60.1 Å². The van der Waals surface area contributed by atoms with Gasteiger partial charge in [-0.15, -0.1) is 11.8 Å². The summed E-state index contributed by atoms with van der Waals surface area (Å²) >= 11 is 1.77. The lowest BCUT2D eigenvalue weighted by Gasteiger charge is -2.28. The number of pyridine rings is 1. The molecular formula is C23H25NO3S. The smallest absolute Gasteiger partial charge is 0.313 e. The fraction of sp³-hybridized carbons (Fsp3) is 0.435. The second-order valence-corrected chi connectivity index (χ2v) is 8.79. The van der Waals surface area contributed by atoms with Crippen LogP contribution in [0.25, 0.3) is 0 Å². The summed E-state index contributed by atoms with van der Waals surface area (Å²) in [6.07, 6.45) is 6.24. The highest BCUT2D eigenvalue weighted by Crippen LogP contribution is 2.42. The van der Waals surface area contributed by atoms with Gasteiger partial charge in [0.2, 0.25) is 0 Å². The number of benzene rings is 1. The first-order valence-electron chi connectivity index (χ1n) is 10.0. The van der Waals surface area contributed by atoms with E-state index in [9.17, 15) is 9.59 Å². The van der Waals surface area contributed by atoms with E-state index in [0.717, 1.165) is 46.7 Å². The number of ketones is 1. The second kappa shape index (κ2) is 8.48. The highest BCUT2D eigenvalue weighted by atomic mass is 32.2. The summed E-state index contributed by atoms with van der Waals surface area (Å²) < 4.78 is 5.44. The van der Waals surface area contributed by atoms with Crippen molar-refractivity contribution in [2.24, 2.45) is 11.8 Å². The minimum atomic E-state index is -0.379. The van der Waals surface area contributed by atoms with Crippen LogP contribution in [0.4, 0.5) is 0 Å². The number of aromatic nitrogens is 1. The van der Waals surface area contributed by atoms with E-state index in [0.29, 0.717) is 11.7 Å². The number of fused-ring (bicyclic) bond motifs is 2. The van der Waals surface area contributed by atoms with Gasteiger partial charge in [-0.2, -0.15) is 0 Å². The van der Waals surface area contributed by atoms with Crippen molar-refractivity contribution in [3.63, 3.8) is 0 Å². The monoisotopic (exact) mass is 395 g/mol. The zero-order valence-electron chi connectivity index (χ0n) is 16.1. The molecule has 3 atom stereocenters. The molecule has 4 rings (SSSR count). The van der Waals surface area contributed by atoms with E-state index in [-0.39, 0.29) is 24.4 Å². The molecule has 4 nitrogen and oxygen atoms in total. The minimum absolute atomic E-state index is 0.172. The highest BCUT2D eigenvalue weighted by molar-refractivity contribution is 7.99. The van der Waals surface area contributed by atoms with Gasteiger partial charge in [-0.05, 0) is 55.5 Å². The van der Waals surface area contributed by atoms with Crippen LogP contribution in [0.2, 0.25) is 0 Å². The molecule has 0 spiro atoms. The van der Waals surface area contributed by atoms with Crippen LogP contribution >= 0.6 is 11.8 Å². The van der Waals surface area contributed by atoms with E-state index in [1.807, 2.05) is 43.3 Å². The minimum Gasteiger partial charge on any atom is -0.459 e. The average Bonchev–Trinajstić information content (AvgIpc) is 2.89. The van der Waals surface area contributed by atoms with Crippen LogP contribution < -0.4 is 0 Å². The Balaban J connectivity index is 1.48. The SMILES string of the molecule is CC(C(=O)OCc1ccccn1)c1ccc2c(c1)SC[C@H]1CCCC[C@@H]1C2=O. The van der Waals surface area contributed by atoms with E-state index in [1.165, 1.54) is 6.42 Å². The Morgan fingerprint density at radius 2 is 2.11 bits per heavy atom. The summed E-state index contributed by atoms with van der Waals surface area (Å²) in [5.74, 6) is 1.30. The number of Topliss-reactive ketones (excluding diaryl/α,β-unsaturated/α-hetero) is 1. The third-order valence-corrected chi connectivity index (χ3v) is 7.16. The first-order chi connectivity index (χ1) is 13.6. The summed E-state index contributed by atoms with van der Waals surface area (Å²) in [4.78, 5) is 30.7. The maximum atomic E-state index is 13.0. The lowest BCUT2D eigenvalue weighted by atomic mass is 9.76. The molecule has 1 saturated carbocycles. The topological polar surface area (TPSA) is 56.3 Å². The molecule has 1 fully saturated rings. The summed E-state index contributed by atoms with van der Waals surface area (Å²) in [6, 6.07) is 11.4. The van der Waals surface area contributed by atoms with Gasteiger partial charge in [0.1, 0.15) is 6.61 Å². The van der Waals surface area contributed by atoms with Crippen molar-refractivity contribution in [3.8, 4) is 0 Å². The van der Waals surface area contributed by atoms with Gasteiger partial charge < -0.3 is 4.74 Å². The zero-order chi connectivity index (χ0) is 19.5. The zero-order valence-corrected chi connectivity index (χ0v) is 16.9. The van der Waals surface area contributed by atoms with Crippen LogP contribution in [-0.2, 0) is 16.1 Å². The average molecular weight is 396 g/mol. The third-order valence-electron chi connectivity index (χ3n) is 5.91. The van der Waals surface area contributed by atoms with Crippen molar-refractivity contribution < 1.29 is 14.3 Å². The summed E-state index contributed by atoms with van der Waals surface area (Å²) in [7, 11) is 0. The Labute approximate surface area is 170 Å². The normalized spacial score (nSPS) is 22.5. The molecule has 0 bridgehead atoms. The van der Waals surface area contributed by atoms with Crippen molar-refractivity contribution in [1.29, 1.82) is 0 Å². The quantitative estimate of drug-likeness (QED) is 0.680. The molecule has 2 aromatic rings. The van der Waals surface area contributed by atoms with Gasteiger partial charge in [-0.1, -0.05) is 25.0 Å². The lowest BCUT2D eigenvalue weighted by Crippen LogP contribution is -2.27. The highest BCUT2D eigenvalue weighted by Gasteiger charge is 2.35. The molecular weight excluding hydrogens is 370 g/mol. The molecule has 2 aliphatic rings. The third kappa shape index (κ3) is 4.00. The molecule has 0 amide bonds. The fourth-order valence-corrected chi connectivity index (χ4v) is 5.51. The van der Waals surface area contributed by atoms with Gasteiger partial charge in [0.05, 0.1) is 11.6 Å². The lowest BCUT2D eigenvalue weighted by molar-refractivity contribution is -0.146. The number of carbonyl (C=O) groups excluding carboxylic acids is 2. The van der Waals surface area contributed by atoms with Gasteiger partial charge >= 0.3 is 5.97 Å². The number of thioether (sulfide) groups is 1. The second-order valence-electron chi connectivity index (χ2n) is 7.73. The number of carbonyl (C=O) groups is 2. The van der Waals surface area contributed by atoms with E-state index < -0.39 is 0 Å². The van der Waals surface area contributed by atoms with Crippen LogP contribution in [0.15, 0.2) is 47.5 Å². The van der Waals surface area contributed by atoms with Crippen molar-refractivity contribution in [3.05, 3.63) is 59.4 Å². The summed E-state index contributed by atoms with van der Waals surface area (Å²) in [6.45, 7) is 2.02. The Kier molecular flexibility index (Phi) is 5.81. The molecule has 1 aliphatic heterocycles. The van der Waals surface area contributed by atoms with Crippen molar-refractivity contribution in [2.75, 3.05) is 5.75 Å². The Hall–Kier alpha value is -2.14. The molecule has 2 heterocycles. The number of hydrogen-bond donors (Lipinski definition) is 0. The molecule has 28 heavy (non-hydrogen) atoms. The summed E-state index contributed by atoms with van der Waals surface area (Å²) in [5.41, 5.74) is 2.46. The number of esters is 1. The predicted molar refractivity (Wildman–Crippen MR) is 109 cm³/mol. The molecule has 0 N–H and O–H groups in total. The molecule has 1 aliphatic carbocycles. The van der Waals surface area contributed by atoms with E-state index in [4.69, 9.17) is 4.74 Å². The van der Waals surface area contributed by atoms with Crippen LogP contribution in [0.5, 0.6) is 0 Å². The molecule has 0 radical (unpaired) electrons. The number of hydrogen-bond acceptors (Lipinski definition) is 5. The maximum Gasteiger partial charge on any atom is 0.313 e. The Bertz CT molecular complexity index is 867. The van der Waals surface area contributed by atoms with Gasteiger partial charge in [-0.25, -0.2) is 0 Å². The largest absolute Gasteiger partial charge is 0.459 e. The number of nitrogens with zero attached hydrogens (tertiary/aromatic N) is 1. The van der Waals surface area contributed by atoms with Gasteiger partial charge in [-0.3, -0.25) is 14.6 Å². The van der Waals surface area contributed by atoms with Crippen molar-refractivity contribution in [2.45, 2.75) is 50.0 Å². The van der Waals surface area contributed by atoms with Crippen LogP contribution in [-0.4, -0.2) is 22.5 Å². The van der Waals surface area contributed by atoms with E-state index >= 15 is 0 Å². The first kappa shape index (κ1) is 19.2. The summed E-state index contributed by atoms with van der Waals surface area (Å²) in [5, 5.41) is 0. The molecule has 1 aromatic heterocycles. The fourth-order valence-electron chi connectivity index (χ4n) is 4.17. The first-order valence-corrected chi connectivity index (χ1v) is 11.0. The molecule has 0 saturated heterocycles. The molecule has 5 heteroatoms. The predicted octanol–water partition coefficient (Wildman–Crippen LogP) is 5.02. The van der Waals surface area contributed by atoms with E-state index in [1.54, 1.807) is 18.0 Å². The standard InChI is InChI=1S/C23H25NO3S/c1-15(23(26)27-13-18-7-4-5-11-24-18)16-9-10-20-21(12-16)28-14-17-6-2-3-8-19(17)22(20)25/h4-5,7,9-12,15,17,19H,2-3,6,8,13-14H2,1H3/t15?,17-,19+/m1/s1. The maximum absolute atomic E-state index is 13.0. The van der Waals surface area contributed by atoms with Gasteiger partial charge in [0.25, 0.3) is 0 Å². The number of rotatable bonds is 4. The van der Waals surface area contributed by atoms with Gasteiger partial charge in [0.15, 0.2) is 5.78 Å². The van der Waals surface area contributed by atoms with Crippen LogP contribution in [0.3, 0.4) is 0 Å². The van der Waals surface area contributed by atoms with E-state index in [2.05, 4.69) is 4.98 Å². The molecule has 146 valence electrons. The van der Waals surface area contributed by atoms with Crippen molar-refractivity contribution in [1.82, 2.24) is 4.98 Å². The Morgan fingerprint density at radius 1 is 1.25 bits per heavy atom. The Morgan fingerprint density at radius 3 is 2.93 bits per heavy atom. The van der Waals surface area contributed by atoms with Crippen molar-refractivity contribution >= 4 is 23.5 Å². The van der Waals surface area contributed by atoms with Gasteiger partial charge in [0, 0.05) is 28.3 Å².